The van der Waals surface area contributed by atoms with Gasteiger partial charge in [-0.1, -0.05) is 0 Å². The van der Waals surface area contributed by atoms with E-state index in [9.17, 15) is 0 Å². The Morgan fingerprint density at radius 1 is 1.18 bits per heavy atom. The second-order valence-electron chi connectivity index (χ2n) is 3.18. The third-order valence-corrected chi connectivity index (χ3v) is 6.13. The standard InChI is InChI=1S/C11H6BrI3OS/c12-7-1-2-17-10(7)5-16-11-8(14)3-6(13)4-9(11)15/h1-4H,5H2. The Bertz CT molecular complexity index is 518. The Morgan fingerprint density at radius 3 is 2.35 bits per heavy atom. The van der Waals surface area contributed by atoms with Gasteiger partial charge >= 0.3 is 0 Å². The minimum atomic E-state index is 0.616. The summed E-state index contributed by atoms with van der Waals surface area (Å²) in [7, 11) is 0. The molecule has 1 aromatic heterocycles. The number of ether oxygens (including phenoxy) is 1. The Hall–Kier alpha value is 1.39. The zero-order valence-corrected chi connectivity index (χ0v) is 17.2. The van der Waals surface area contributed by atoms with E-state index in [0.29, 0.717) is 6.61 Å². The molecule has 1 heterocycles. The molecule has 0 aliphatic rings. The van der Waals surface area contributed by atoms with Crippen LogP contribution in [0.2, 0.25) is 0 Å². The monoisotopic (exact) mass is 646 g/mol. The highest BCUT2D eigenvalue weighted by Crippen LogP contribution is 2.31. The van der Waals surface area contributed by atoms with Crippen LogP contribution in [0.1, 0.15) is 4.88 Å². The molecule has 0 saturated heterocycles. The zero-order valence-electron chi connectivity index (χ0n) is 8.34. The lowest BCUT2D eigenvalue weighted by Crippen LogP contribution is -1.98. The molecule has 0 spiro atoms. The fraction of sp³-hybridized carbons (Fsp3) is 0.0909. The second-order valence-corrected chi connectivity index (χ2v) is 8.60. The molecule has 2 rings (SSSR count). The van der Waals surface area contributed by atoms with E-state index in [4.69, 9.17) is 4.74 Å². The number of hydrogen-bond acceptors (Lipinski definition) is 2. The molecule has 1 aromatic carbocycles. The summed E-state index contributed by atoms with van der Waals surface area (Å²) in [4.78, 5) is 1.22. The topological polar surface area (TPSA) is 9.23 Å². The van der Waals surface area contributed by atoms with Gasteiger partial charge in [-0.3, -0.25) is 0 Å². The molecule has 0 N–H and O–H groups in total. The maximum absolute atomic E-state index is 5.91. The molecule has 90 valence electrons. The van der Waals surface area contributed by atoms with Gasteiger partial charge in [-0.25, -0.2) is 0 Å². The van der Waals surface area contributed by atoms with E-state index in [2.05, 4.69) is 101 Å². The van der Waals surface area contributed by atoms with Crippen molar-refractivity contribution in [1.82, 2.24) is 0 Å². The highest BCUT2D eigenvalue weighted by atomic mass is 127. The molecule has 6 heteroatoms. The SMILES string of the molecule is Brc1ccsc1COc1c(I)cc(I)cc1I. The van der Waals surface area contributed by atoms with Crippen LogP contribution in [0.4, 0.5) is 0 Å². The second kappa shape index (κ2) is 6.71. The first-order valence-corrected chi connectivity index (χ1v) is 9.48. The normalized spacial score (nSPS) is 10.6. The fourth-order valence-corrected chi connectivity index (χ4v) is 6.50. The largest absolute Gasteiger partial charge is 0.486 e. The first-order chi connectivity index (χ1) is 8.08. The van der Waals surface area contributed by atoms with Crippen molar-refractivity contribution in [1.29, 1.82) is 0 Å². The Kier molecular flexibility index (Phi) is 5.84. The summed E-state index contributed by atoms with van der Waals surface area (Å²) in [5.41, 5.74) is 0. The van der Waals surface area contributed by atoms with Gasteiger partial charge < -0.3 is 4.74 Å². The summed E-state index contributed by atoms with van der Waals surface area (Å²) in [6, 6.07) is 6.30. The van der Waals surface area contributed by atoms with Gasteiger partial charge in [0.1, 0.15) is 12.4 Å². The third-order valence-electron chi connectivity index (χ3n) is 2.00. The van der Waals surface area contributed by atoms with Crippen molar-refractivity contribution in [3.63, 3.8) is 0 Å². The first-order valence-electron chi connectivity index (χ1n) is 4.57. The van der Waals surface area contributed by atoms with Gasteiger partial charge in [0.15, 0.2) is 0 Å². The van der Waals surface area contributed by atoms with Gasteiger partial charge in [0, 0.05) is 8.04 Å². The molecular weight excluding hydrogens is 641 g/mol. The maximum Gasteiger partial charge on any atom is 0.146 e. The molecule has 2 aromatic rings. The van der Waals surface area contributed by atoms with Crippen LogP contribution < -0.4 is 4.74 Å². The minimum Gasteiger partial charge on any atom is -0.486 e. The van der Waals surface area contributed by atoms with Crippen LogP contribution in [0.3, 0.4) is 0 Å². The Balaban J connectivity index is 2.17. The number of benzene rings is 1. The quantitative estimate of drug-likeness (QED) is 0.378. The van der Waals surface area contributed by atoms with Crippen molar-refractivity contribution in [2.75, 3.05) is 0 Å². The van der Waals surface area contributed by atoms with Crippen molar-refractivity contribution in [2.45, 2.75) is 6.61 Å². The van der Waals surface area contributed by atoms with Crippen LogP contribution in [-0.4, -0.2) is 0 Å². The van der Waals surface area contributed by atoms with E-state index in [-0.39, 0.29) is 0 Å². The van der Waals surface area contributed by atoms with Crippen molar-refractivity contribution in [2.24, 2.45) is 0 Å². The molecule has 0 aliphatic heterocycles. The van der Waals surface area contributed by atoms with Crippen LogP contribution in [0, 0.1) is 10.7 Å². The predicted octanol–water partition coefficient (Wildman–Crippen LogP) is 5.90. The maximum atomic E-state index is 5.91. The van der Waals surface area contributed by atoms with E-state index in [1.165, 1.54) is 8.45 Å². The molecule has 0 unspecified atom stereocenters. The van der Waals surface area contributed by atoms with E-state index >= 15 is 0 Å². The van der Waals surface area contributed by atoms with Gasteiger partial charge in [-0.05, 0) is 107 Å². The highest BCUT2D eigenvalue weighted by molar-refractivity contribution is 14.1. The number of thiophene rings is 1. The first kappa shape index (κ1) is 14.8. The van der Waals surface area contributed by atoms with Crippen LogP contribution in [0.15, 0.2) is 28.1 Å². The van der Waals surface area contributed by atoms with Crippen molar-refractivity contribution < 1.29 is 4.74 Å². The van der Waals surface area contributed by atoms with E-state index in [1.54, 1.807) is 11.3 Å². The van der Waals surface area contributed by atoms with Gasteiger partial charge in [0.2, 0.25) is 0 Å². The van der Waals surface area contributed by atoms with Crippen molar-refractivity contribution in [3.05, 3.63) is 43.6 Å². The van der Waals surface area contributed by atoms with Crippen LogP contribution in [-0.2, 0) is 6.61 Å². The average Bonchev–Trinajstić information content (AvgIpc) is 2.62. The van der Waals surface area contributed by atoms with Crippen LogP contribution in [0.25, 0.3) is 0 Å². The van der Waals surface area contributed by atoms with Crippen molar-refractivity contribution in [3.8, 4) is 5.75 Å². The predicted molar refractivity (Wildman–Crippen MR) is 101 cm³/mol. The van der Waals surface area contributed by atoms with E-state index in [1.807, 2.05) is 6.07 Å². The molecule has 0 aliphatic carbocycles. The molecular formula is C11H6BrI3OS. The highest BCUT2D eigenvalue weighted by Gasteiger charge is 2.09. The number of hydrogen-bond donors (Lipinski definition) is 0. The summed E-state index contributed by atoms with van der Waals surface area (Å²) < 4.78 is 10.6. The summed E-state index contributed by atoms with van der Waals surface area (Å²) in [5.74, 6) is 0.979. The number of rotatable bonds is 3. The van der Waals surface area contributed by atoms with E-state index in [0.717, 1.165) is 17.4 Å². The molecule has 0 fully saturated rings. The fourth-order valence-electron chi connectivity index (χ4n) is 1.23. The zero-order chi connectivity index (χ0) is 12.4. The third kappa shape index (κ3) is 3.93. The molecule has 1 nitrogen and oxygen atoms in total. The van der Waals surface area contributed by atoms with Crippen molar-refractivity contribution >= 4 is 95.0 Å². The summed E-state index contributed by atoms with van der Waals surface area (Å²) in [6.45, 7) is 0.616. The lowest BCUT2D eigenvalue weighted by molar-refractivity contribution is 0.304. The Labute approximate surface area is 153 Å². The lowest BCUT2D eigenvalue weighted by Gasteiger charge is -2.10. The summed E-state index contributed by atoms with van der Waals surface area (Å²) in [5, 5.41) is 2.06. The molecule has 0 bridgehead atoms. The van der Waals surface area contributed by atoms with Gasteiger partial charge in [-0.15, -0.1) is 11.3 Å². The van der Waals surface area contributed by atoms with Crippen LogP contribution in [0.5, 0.6) is 5.75 Å². The van der Waals surface area contributed by atoms with Crippen LogP contribution >= 0.6 is 95.0 Å². The molecule has 0 saturated carbocycles. The average molecular weight is 647 g/mol. The van der Waals surface area contributed by atoms with Gasteiger partial charge in [0.25, 0.3) is 0 Å². The summed E-state index contributed by atoms with van der Waals surface area (Å²) in [6.07, 6.45) is 0. The molecule has 0 atom stereocenters. The summed E-state index contributed by atoms with van der Waals surface area (Å²) >= 11 is 12.2. The minimum absolute atomic E-state index is 0.616. The molecule has 17 heavy (non-hydrogen) atoms. The lowest BCUT2D eigenvalue weighted by atomic mass is 10.3. The van der Waals surface area contributed by atoms with Gasteiger partial charge in [-0.2, -0.15) is 0 Å². The molecule has 0 amide bonds. The number of halogens is 4. The smallest absolute Gasteiger partial charge is 0.146 e. The Morgan fingerprint density at radius 2 is 1.82 bits per heavy atom. The van der Waals surface area contributed by atoms with Gasteiger partial charge in [0.05, 0.1) is 12.0 Å². The van der Waals surface area contributed by atoms with E-state index < -0.39 is 0 Å². The molecule has 0 radical (unpaired) electrons.